The SMILES string of the molecule is COC(=O)C(NCCNS(=O)(=O)c1ccccc1[N+](=O)[O-])c1ccccc1. The average Bonchev–Trinajstić information content (AvgIpc) is 2.68. The number of methoxy groups -OCH3 is 1. The lowest BCUT2D eigenvalue weighted by molar-refractivity contribution is -0.387. The number of carbonyl (C=O) groups excluding carboxylic acids is 1. The van der Waals surface area contributed by atoms with Crippen LogP contribution in [0.5, 0.6) is 0 Å². The highest BCUT2D eigenvalue weighted by atomic mass is 32.2. The fourth-order valence-corrected chi connectivity index (χ4v) is 3.62. The lowest BCUT2D eigenvalue weighted by Gasteiger charge is -2.17. The molecule has 0 aliphatic rings. The topological polar surface area (TPSA) is 128 Å². The molecule has 0 saturated heterocycles. The molecule has 2 rings (SSSR count). The van der Waals surface area contributed by atoms with E-state index in [9.17, 15) is 23.3 Å². The molecule has 0 fully saturated rings. The molecule has 0 spiro atoms. The van der Waals surface area contributed by atoms with Crippen LogP contribution in [0.25, 0.3) is 0 Å². The summed E-state index contributed by atoms with van der Waals surface area (Å²) >= 11 is 0. The van der Waals surface area contributed by atoms with Crippen molar-refractivity contribution in [3.8, 4) is 0 Å². The summed E-state index contributed by atoms with van der Waals surface area (Å²) in [6.07, 6.45) is 0. The van der Waals surface area contributed by atoms with Gasteiger partial charge in [-0.2, -0.15) is 0 Å². The number of para-hydroxylation sites is 1. The van der Waals surface area contributed by atoms with Crippen LogP contribution in [0.15, 0.2) is 59.5 Å². The normalized spacial score (nSPS) is 12.3. The zero-order valence-electron chi connectivity index (χ0n) is 14.5. The Bertz CT molecular complexity index is 902. The minimum atomic E-state index is -4.07. The summed E-state index contributed by atoms with van der Waals surface area (Å²) in [6.45, 7) is 0.0310. The third-order valence-corrected chi connectivity index (χ3v) is 5.20. The van der Waals surface area contributed by atoms with Gasteiger partial charge >= 0.3 is 5.97 Å². The number of hydrogen-bond donors (Lipinski definition) is 2. The number of nitrogens with one attached hydrogen (secondary N) is 2. The molecule has 10 heteroatoms. The summed E-state index contributed by atoms with van der Waals surface area (Å²) in [7, 11) is -2.81. The first kappa shape index (κ1) is 20.5. The Morgan fingerprint density at radius 1 is 1.11 bits per heavy atom. The van der Waals surface area contributed by atoms with E-state index in [0.717, 1.165) is 12.1 Å². The van der Waals surface area contributed by atoms with E-state index in [1.807, 2.05) is 0 Å². The van der Waals surface area contributed by atoms with Gasteiger partial charge in [-0.3, -0.25) is 15.4 Å². The van der Waals surface area contributed by atoms with Crippen LogP contribution >= 0.6 is 0 Å². The fourth-order valence-electron chi connectivity index (χ4n) is 2.42. The van der Waals surface area contributed by atoms with E-state index in [1.54, 1.807) is 30.3 Å². The van der Waals surface area contributed by atoms with Crippen LogP contribution in [0.3, 0.4) is 0 Å². The van der Waals surface area contributed by atoms with Gasteiger partial charge in [-0.05, 0) is 11.6 Å². The second kappa shape index (κ2) is 9.21. The third-order valence-electron chi connectivity index (χ3n) is 3.69. The van der Waals surface area contributed by atoms with Gasteiger partial charge in [0.2, 0.25) is 10.0 Å². The van der Waals surface area contributed by atoms with Crippen molar-refractivity contribution < 1.29 is 22.9 Å². The lowest BCUT2D eigenvalue weighted by Crippen LogP contribution is -2.36. The van der Waals surface area contributed by atoms with Crippen molar-refractivity contribution in [1.82, 2.24) is 10.0 Å². The molecule has 2 aromatic carbocycles. The summed E-state index contributed by atoms with van der Waals surface area (Å²) < 4.78 is 31.7. The van der Waals surface area contributed by atoms with Crippen LogP contribution in [-0.4, -0.2) is 39.5 Å². The molecule has 0 aliphatic heterocycles. The maximum absolute atomic E-state index is 12.3. The van der Waals surface area contributed by atoms with E-state index in [1.165, 1.54) is 19.2 Å². The Morgan fingerprint density at radius 3 is 2.37 bits per heavy atom. The number of nitro groups is 1. The number of nitro benzene ring substituents is 1. The van der Waals surface area contributed by atoms with E-state index >= 15 is 0 Å². The number of carbonyl (C=O) groups is 1. The first-order chi connectivity index (χ1) is 12.9. The highest BCUT2D eigenvalue weighted by Gasteiger charge is 2.25. The lowest BCUT2D eigenvalue weighted by atomic mass is 10.1. The van der Waals surface area contributed by atoms with Crippen LogP contribution < -0.4 is 10.0 Å². The van der Waals surface area contributed by atoms with Crippen molar-refractivity contribution in [2.45, 2.75) is 10.9 Å². The Morgan fingerprint density at radius 2 is 1.74 bits per heavy atom. The van der Waals surface area contributed by atoms with Gasteiger partial charge in [-0.15, -0.1) is 0 Å². The van der Waals surface area contributed by atoms with Crippen LogP contribution in [0.2, 0.25) is 0 Å². The van der Waals surface area contributed by atoms with E-state index in [0.29, 0.717) is 5.56 Å². The Kier molecular flexibility index (Phi) is 6.99. The molecule has 27 heavy (non-hydrogen) atoms. The van der Waals surface area contributed by atoms with Gasteiger partial charge in [0.25, 0.3) is 5.69 Å². The number of rotatable bonds is 9. The molecule has 1 unspecified atom stereocenters. The summed E-state index contributed by atoms with van der Waals surface area (Å²) in [5.74, 6) is -0.511. The van der Waals surface area contributed by atoms with Gasteiger partial charge in [-0.1, -0.05) is 42.5 Å². The molecule has 0 aliphatic carbocycles. The van der Waals surface area contributed by atoms with Gasteiger partial charge < -0.3 is 4.74 Å². The van der Waals surface area contributed by atoms with E-state index in [4.69, 9.17) is 4.74 Å². The molecular formula is C17H19N3O6S. The number of ether oxygens (including phenoxy) is 1. The number of esters is 1. The Labute approximate surface area is 156 Å². The minimum absolute atomic E-state index is 0.0747. The Balaban J connectivity index is 2.02. The molecule has 0 radical (unpaired) electrons. The molecule has 0 amide bonds. The smallest absolute Gasteiger partial charge is 0.327 e. The number of benzene rings is 2. The molecule has 1 atom stereocenters. The maximum atomic E-state index is 12.3. The number of nitrogens with zero attached hydrogens (tertiary/aromatic N) is 1. The van der Waals surface area contributed by atoms with E-state index in [-0.39, 0.29) is 13.1 Å². The number of hydrogen-bond acceptors (Lipinski definition) is 7. The van der Waals surface area contributed by atoms with Crippen molar-refractivity contribution in [2.75, 3.05) is 20.2 Å². The van der Waals surface area contributed by atoms with Gasteiger partial charge in [0.05, 0.1) is 12.0 Å². The summed E-state index contributed by atoms with van der Waals surface area (Å²) in [6, 6.07) is 13.1. The van der Waals surface area contributed by atoms with E-state index < -0.39 is 37.5 Å². The highest BCUT2D eigenvalue weighted by Crippen LogP contribution is 2.22. The largest absolute Gasteiger partial charge is 0.468 e. The molecule has 0 saturated carbocycles. The zero-order valence-corrected chi connectivity index (χ0v) is 15.3. The second-order valence-electron chi connectivity index (χ2n) is 5.44. The monoisotopic (exact) mass is 393 g/mol. The summed E-state index contributed by atoms with van der Waals surface area (Å²) in [5.41, 5.74) is 0.167. The highest BCUT2D eigenvalue weighted by molar-refractivity contribution is 7.89. The molecule has 9 nitrogen and oxygen atoms in total. The fraction of sp³-hybridized carbons (Fsp3) is 0.235. The first-order valence-electron chi connectivity index (χ1n) is 7.96. The van der Waals surface area contributed by atoms with Crippen molar-refractivity contribution in [3.63, 3.8) is 0 Å². The van der Waals surface area contributed by atoms with Crippen molar-refractivity contribution in [2.24, 2.45) is 0 Å². The predicted octanol–water partition coefficient (Wildman–Crippen LogP) is 1.38. The second-order valence-corrected chi connectivity index (χ2v) is 7.18. The summed E-state index contributed by atoms with van der Waals surface area (Å²) in [4.78, 5) is 21.8. The van der Waals surface area contributed by atoms with Gasteiger partial charge in [0.15, 0.2) is 4.90 Å². The van der Waals surface area contributed by atoms with Crippen molar-refractivity contribution in [1.29, 1.82) is 0 Å². The average molecular weight is 393 g/mol. The van der Waals surface area contributed by atoms with Gasteiger partial charge in [-0.25, -0.2) is 17.9 Å². The predicted molar refractivity (Wildman–Crippen MR) is 97.5 cm³/mol. The first-order valence-corrected chi connectivity index (χ1v) is 9.44. The standard InChI is InChI=1S/C17H19N3O6S/c1-26-17(21)16(13-7-3-2-4-8-13)18-11-12-19-27(24,25)15-10-6-5-9-14(15)20(22)23/h2-10,16,18-19H,11-12H2,1H3. The van der Waals surface area contributed by atoms with Crippen molar-refractivity contribution >= 4 is 21.7 Å². The summed E-state index contributed by atoms with van der Waals surface area (Å²) in [5, 5.41) is 13.9. The molecular weight excluding hydrogens is 374 g/mol. The molecule has 0 bridgehead atoms. The molecule has 0 aromatic heterocycles. The quantitative estimate of drug-likeness (QED) is 0.285. The maximum Gasteiger partial charge on any atom is 0.327 e. The minimum Gasteiger partial charge on any atom is -0.468 e. The van der Waals surface area contributed by atoms with Gasteiger partial charge in [0.1, 0.15) is 6.04 Å². The molecule has 2 aromatic rings. The number of sulfonamides is 1. The Hall–Kier alpha value is -2.82. The third kappa shape index (κ3) is 5.33. The molecule has 144 valence electrons. The van der Waals surface area contributed by atoms with Crippen LogP contribution in [0, 0.1) is 10.1 Å². The molecule has 2 N–H and O–H groups in total. The van der Waals surface area contributed by atoms with Crippen LogP contribution in [0.4, 0.5) is 5.69 Å². The van der Waals surface area contributed by atoms with Gasteiger partial charge in [0, 0.05) is 19.2 Å². The van der Waals surface area contributed by atoms with E-state index in [2.05, 4.69) is 10.0 Å². The van der Waals surface area contributed by atoms with Crippen LogP contribution in [0.1, 0.15) is 11.6 Å². The van der Waals surface area contributed by atoms with Crippen LogP contribution in [-0.2, 0) is 19.6 Å². The zero-order chi connectivity index (χ0) is 19.9. The molecule has 0 heterocycles. The van der Waals surface area contributed by atoms with Crippen molar-refractivity contribution in [3.05, 3.63) is 70.3 Å².